The summed E-state index contributed by atoms with van der Waals surface area (Å²) in [6.07, 6.45) is 0.648. The van der Waals surface area contributed by atoms with Crippen molar-refractivity contribution in [2.24, 2.45) is 5.10 Å². The molecule has 132 valence electrons. The van der Waals surface area contributed by atoms with Gasteiger partial charge in [-0.05, 0) is 37.5 Å². The number of hydrogen-bond donors (Lipinski definition) is 3. The number of amides is 1. The van der Waals surface area contributed by atoms with Gasteiger partial charge in [0.15, 0.2) is 0 Å². The number of benzene rings is 2. The van der Waals surface area contributed by atoms with Crippen LogP contribution in [0.2, 0.25) is 0 Å². The zero-order valence-electron chi connectivity index (χ0n) is 14.9. The molecule has 2 aromatic carbocycles. The van der Waals surface area contributed by atoms with E-state index < -0.39 is 0 Å². The van der Waals surface area contributed by atoms with Crippen molar-refractivity contribution < 1.29 is 4.79 Å². The molecule has 2 atom stereocenters. The van der Waals surface area contributed by atoms with Gasteiger partial charge in [0, 0.05) is 22.6 Å². The molecule has 5 heteroatoms. The van der Waals surface area contributed by atoms with Crippen molar-refractivity contribution in [3.05, 3.63) is 71.4 Å². The van der Waals surface area contributed by atoms with Crippen LogP contribution in [0.4, 0.5) is 0 Å². The Labute approximate surface area is 152 Å². The third-order valence-corrected chi connectivity index (χ3v) is 4.98. The molecular formula is C21H22N4O. The van der Waals surface area contributed by atoms with Gasteiger partial charge in [0.2, 0.25) is 0 Å². The molecule has 0 spiro atoms. The van der Waals surface area contributed by atoms with Gasteiger partial charge >= 0.3 is 0 Å². The topological polar surface area (TPSA) is 69.3 Å². The smallest absolute Gasteiger partial charge is 0.257 e. The summed E-state index contributed by atoms with van der Waals surface area (Å²) >= 11 is 0. The molecule has 5 nitrogen and oxygen atoms in total. The molecule has 1 aliphatic rings. The van der Waals surface area contributed by atoms with Crippen LogP contribution in [0.3, 0.4) is 0 Å². The second kappa shape index (κ2) is 6.77. The van der Waals surface area contributed by atoms with Crippen molar-refractivity contribution in [1.82, 2.24) is 15.7 Å². The first-order valence-electron chi connectivity index (χ1n) is 8.88. The van der Waals surface area contributed by atoms with E-state index in [1.165, 1.54) is 16.6 Å². The van der Waals surface area contributed by atoms with Crippen LogP contribution in [0.15, 0.2) is 59.7 Å². The molecule has 3 aromatic rings. The molecule has 0 radical (unpaired) electrons. The minimum Gasteiger partial charge on any atom is -0.357 e. The Bertz CT molecular complexity index is 974. The van der Waals surface area contributed by atoms with E-state index in [9.17, 15) is 4.79 Å². The van der Waals surface area contributed by atoms with Gasteiger partial charge in [-0.15, -0.1) is 0 Å². The Morgan fingerprint density at radius 2 is 1.85 bits per heavy atom. The van der Waals surface area contributed by atoms with Crippen LogP contribution in [0, 0.1) is 0 Å². The summed E-state index contributed by atoms with van der Waals surface area (Å²) in [5.41, 5.74) is 8.00. The number of carbonyl (C=O) groups excluding carboxylic acids is 1. The van der Waals surface area contributed by atoms with Crippen LogP contribution in [0.1, 0.15) is 36.7 Å². The molecule has 1 aromatic heterocycles. The molecule has 0 aliphatic carbocycles. The number of H-pyrrole nitrogens is 1. The fraction of sp³-hybridized carbons (Fsp3) is 0.238. The highest BCUT2D eigenvalue weighted by molar-refractivity contribution is 5.99. The van der Waals surface area contributed by atoms with Gasteiger partial charge in [-0.3, -0.25) is 10.1 Å². The minimum atomic E-state index is -0.302. The average molecular weight is 346 g/mol. The number of hydrogen-bond acceptors (Lipinski definition) is 3. The number of aromatic amines is 1. The number of para-hydroxylation sites is 1. The van der Waals surface area contributed by atoms with Crippen LogP contribution in [-0.4, -0.2) is 22.6 Å². The Balaban J connectivity index is 1.53. The SMILES string of the molecule is C/C(=N\NC(=O)C1Cc2c([nH]c3ccccc23)C(C)N1)c1ccccc1. The molecular weight excluding hydrogens is 324 g/mol. The predicted molar refractivity (Wildman–Crippen MR) is 104 cm³/mol. The molecule has 0 bridgehead atoms. The van der Waals surface area contributed by atoms with Crippen LogP contribution in [-0.2, 0) is 11.2 Å². The van der Waals surface area contributed by atoms with E-state index in [1.807, 2.05) is 49.4 Å². The summed E-state index contributed by atoms with van der Waals surface area (Å²) in [7, 11) is 0. The fourth-order valence-electron chi connectivity index (χ4n) is 3.59. The Kier molecular flexibility index (Phi) is 4.31. The lowest BCUT2D eigenvalue weighted by Gasteiger charge is -2.28. The Hall–Kier alpha value is -2.92. The number of rotatable bonds is 3. The van der Waals surface area contributed by atoms with Crippen molar-refractivity contribution in [3.8, 4) is 0 Å². The maximum Gasteiger partial charge on any atom is 0.257 e. The summed E-state index contributed by atoms with van der Waals surface area (Å²) in [4.78, 5) is 16.1. The van der Waals surface area contributed by atoms with Crippen molar-refractivity contribution in [3.63, 3.8) is 0 Å². The quantitative estimate of drug-likeness (QED) is 0.503. The van der Waals surface area contributed by atoms with Crippen molar-refractivity contribution in [2.75, 3.05) is 0 Å². The monoisotopic (exact) mass is 346 g/mol. The molecule has 0 saturated heterocycles. The normalized spacial score (nSPS) is 20.0. The molecule has 3 N–H and O–H groups in total. The van der Waals surface area contributed by atoms with Crippen LogP contribution < -0.4 is 10.7 Å². The van der Waals surface area contributed by atoms with Crippen molar-refractivity contribution >= 4 is 22.5 Å². The van der Waals surface area contributed by atoms with E-state index in [-0.39, 0.29) is 18.0 Å². The molecule has 1 amide bonds. The number of nitrogens with zero attached hydrogens (tertiary/aromatic N) is 1. The highest BCUT2D eigenvalue weighted by Gasteiger charge is 2.30. The second-order valence-electron chi connectivity index (χ2n) is 6.75. The standard InChI is InChI=1S/C21H22N4O/c1-13(15-8-4-3-5-9-15)24-25-21(26)19-12-17-16-10-6-7-11-18(16)23-20(17)14(2)22-19/h3-11,14,19,22-23H,12H2,1-2H3,(H,25,26)/b24-13+. The minimum absolute atomic E-state index is 0.0844. The second-order valence-corrected chi connectivity index (χ2v) is 6.75. The van der Waals surface area contributed by atoms with Crippen LogP contribution in [0.25, 0.3) is 10.9 Å². The lowest BCUT2D eigenvalue weighted by atomic mass is 9.94. The summed E-state index contributed by atoms with van der Waals surface area (Å²) in [5.74, 6) is -0.108. The van der Waals surface area contributed by atoms with Crippen molar-refractivity contribution in [2.45, 2.75) is 32.4 Å². The van der Waals surface area contributed by atoms with E-state index >= 15 is 0 Å². The van der Waals surface area contributed by atoms with Crippen LogP contribution >= 0.6 is 0 Å². The average Bonchev–Trinajstić information content (AvgIpc) is 3.06. The highest BCUT2D eigenvalue weighted by atomic mass is 16.2. The van der Waals surface area contributed by atoms with E-state index in [1.54, 1.807) is 0 Å². The van der Waals surface area contributed by atoms with Gasteiger partial charge in [0.05, 0.1) is 11.8 Å². The van der Waals surface area contributed by atoms with E-state index in [0.29, 0.717) is 6.42 Å². The maximum absolute atomic E-state index is 12.7. The third-order valence-electron chi connectivity index (χ3n) is 4.98. The van der Waals surface area contributed by atoms with Crippen molar-refractivity contribution in [1.29, 1.82) is 0 Å². The number of fused-ring (bicyclic) bond motifs is 3. The number of carbonyl (C=O) groups is 1. The number of aromatic nitrogens is 1. The predicted octanol–water partition coefficient (Wildman–Crippen LogP) is 3.28. The lowest BCUT2D eigenvalue weighted by molar-refractivity contribution is -0.123. The summed E-state index contributed by atoms with van der Waals surface area (Å²) in [6.45, 7) is 3.97. The molecule has 26 heavy (non-hydrogen) atoms. The van der Waals surface area contributed by atoms with E-state index in [2.05, 4.69) is 39.9 Å². The van der Waals surface area contributed by atoms with Gasteiger partial charge in [-0.2, -0.15) is 5.10 Å². The van der Waals surface area contributed by atoms with E-state index in [4.69, 9.17) is 0 Å². The highest BCUT2D eigenvalue weighted by Crippen LogP contribution is 2.31. The molecule has 0 fully saturated rings. The summed E-state index contributed by atoms with van der Waals surface area (Å²) < 4.78 is 0. The third kappa shape index (κ3) is 3.02. The van der Waals surface area contributed by atoms with Gasteiger partial charge in [-0.1, -0.05) is 48.5 Å². The lowest BCUT2D eigenvalue weighted by Crippen LogP contribution is -2.48. The number of nitrogens with one attached hydrogen (secondary N) is 3. The Morgan fingerprint density at radius 3 is 2.65 bits per heavy atom. The summed E-state index contributed by atoms with van der Waals surface area (Å²) in [6, 6.07) is 17.8. The zero-order valence-corrected chi connectivity index (χ0v) is 14.9. The molecule has 0 saturated carbocycles. The molecule has 2 unspecified atom stereocenters. The Morgan fingerprint density at radius 1 is 1.12 bits per heavy atom. The zero-order chi connectivity index (χ0) is 18.1. The first-order valence-corrected chi connectivity index (χ1v) is 8.88. The van der Waals surface area contributed by atoms with Gasteiger partial charge in [-0.25, -0.2) is 5.43 Å². The van der Waals surface area contributed by atoms with Crippen LogP contribution in [0.5, 0.6) is 0 Å². The van der Waals surface area contributed by atoms with E-state index in [0.717, 1.165) is 16.8 Å². The fourth-order valence-corrected chi connectivity index (χ4v) is 3.59. The first kappa shape index (κ1) is 16.5. The largest absolute Gasteiger partial charge is 0.357 e. The molecule has 2 heterocycles. The molecule has 1 aliphatic heterocycles. The molecule has 4 rings (SSSR count). The van der Waals surface area contributed by atoms with Gasteiger partial charge < -0.3 is 4.98 Å². The van der Waals surface area contributed by atoms with Gasteiger partial charge in [0.1, 0.15) is 0 Å². The maximum atomic E-state index is 12.7. The first-order chi connectivity index (χ1) is 12.6. The summed E-state index contributed by atoms with van der Waals surface area (Å²) in [5, 5.41) is 8.85. The number of hydrazone groups is 1. The van der Waals surface area contributed by atoms with Gasteiger partial charge in [0.25, 0.3) is 5.91 Å².